The van der Waals surface area contributed by atoms with Gasteiger partial charge in [-0.15, -0.1) is 0 Å². The molecule has 1 aromatic heterocycles. The molecule has 3 nitrogen and oxygen atoms in total. The number of rotatable bonds is 2. The van der Waals surface area contributed by atoms with Gasteiger partial charge in [-0.2, -0.15) is 0 Å². The Morgan fingerprint density at radius 1 is 1.26 bits per heavy atom. The average molecular weight is 320 g/mol. The lowest BCUT2D eigenvalue weighted by Gasteiger charge is -2.15. The molecule has 0 saturated carbocycles. The monoisotopic (exact) mass is 319 g/mol. The minimum absolute atomic E-state index is 0.254. The number of methoxy groups -OCH3 is 1. The molecule has 0 spiro atoms. The molecule has 0 bridgehead atoms. The minimum Gasteiger partial charge on any atom is -0.495 e. The van der Waals surface area contributed by atoms with E-state index < -0.39 is 0 Å². The standard InChI is InChI=1S/C15H14BrNO2/c1-19-15-9-10(5-6-12(15)16)17-8-7-11-13(17)3-2-4-14(11)18/h5-9H,2-4H2,1H3. The zero-order valence-electron chi connectivity index (χ0n) is 10.6. The molecule has 2 aromatic rings. The molecule has 1 aromatic carbocycles. The van der Waals surface area contributed by atoms with E-state index in [0.717, 1.165) is 40.0 Å². The van der Waals surface area contributed by atoms with Crippen LogP contribution in [0.3, 0.4) is 0 Å². The molecule has 1 aliphatic rings. The van der Waals surface area contributed by atoms with E-state index in [2.05, 4.69) is 20.5 Å². The van der Waals surface area contributed by atoms with Gasteiger partial charge in [-0.25, -0.2) is 0 Å². The second kappa shape index (κ2) is 4.85. The first-order chi connectivity index (χ1) is 9.20. The third-order valence-corrected chi connectivity index (χ3v) is 4.18. The summed E-state index contributed by atoms with van der Waals surface area (Å²) in [5.74, 6) is 1.05. The third-order valence-electron chi connectivity index (χ3n) is 3.52. The number of halogens is 1. The van der Waals surface area contributed by atoms with E-state index in [0.29, 0.717) is 6.42 Å². The van der Waals surface area contributed by atoms with Crippen molar-refractivity contribution in [3.05, 3.63) is 46.2 Å². The number of carbonyl (C=O) groups excluding carboxylic acids is 1. The van der Waals surface area contributed by atoms with Crippen LogP contribution in [0.25, 0.3) is 5.69 Å². The molecular formula is C15H14BrNO2. The molecule has 1 heterocycles. The number of carbonyl (C=O) groups is 1. The number of nitrogens with zero attached hydrogens (tertiary/aromatic N) is 1. The zero-order chi connectivity index (χ0) is 13.4. The highest BCUT2D eigenvalue weighted by atomic mass is 79.9. The van der Waals surface area contributed by atoms with E-state index in [1.54, 1.807) is 7.11 Å². The van der Waals surface area contributed by atoms with Crippen LogP contribution in [0.15, 0.2) is 34.9 Å². The fourth-order valence-electron chi connectivity index (χ4n) is 2.57. The van der Waals surface area contributed by atoms with Gasteiger partial charge in [0.15, 0.2) is 5.78 Å². The zero-order valence-corrected chi connectivity index (χ0v) is 12.2. The van der Waals surface area contributed by atoms with Gasteiger partial charge < -0.3 is 9.30 Å². The maximum atomic E-state index is 11.9. The van der Waals surface area contributed by atoms with E-state index in [1.807, 2.05) is 30.5 Å². The Hall–Kier alpha value is -1.55. The molecule has 0 aliphatic heterocycles. The quantitative estimate of drug-likeness (QED) is 0.843. The molecule has 1 aliphatic carbocycles. The molecule has 0 saturated heterocycles. The third kappa shape index (κ3) is 2.10. The number of aromatic nitrogens is 1. The Bertz CT molecular complexity index is 646. The van der Waals surface area contributed by atoms with Crippen LogP contribution < -0.4 is 4.74 Å². The number of fused-ring (bicyclic) bond motifs is 1. The molecule has 0 amide bonds. The Morgan fingerprint density at radius 2 is 2.11 bits per heavy atom. The molecule has 0 radical (unpaired) electrons. The molecule has 19 heavy (non-hydrogen) atoms. The van der Waals surface area contributed by atoms with E-state index in [-0.39, 0.29) is 5.78 Å². The van der Waals surface area contributed by atoms with Crippen LogP contribution in [0.4, 0.5) is 0 Å². The van der Waals surface area contributed by atoms with E-state index in [1.165, 1.54) is 0 Å². The second-order valence-corrected chi connectivity index (χ2v) is 5.50. The van der Waals surface area contributed by atoms with Gasteiger partial charge in [0.05, 0.1) is 11.6 Å². The Morgan fingerprint density at radius 3 is 2.89 bits per heavy atom. The van der Waals surface area contributed by atoms with Crippen molar-refractivity contribution in [2.45, 2.75) is 19.3 Å². The van der Waals surface area contributed by atoms with Crippen LogP contribution in [0, 0.1) is 0 Å². The van der Waals surface area contributed by atoms with Crippen molar-refractivity contribution in [2.75, 3.05) is 7.11 Å². The van der Waals surface area contributed by atoms with Gasteiger partial charge in [-0.3, -0.25) is 4.79 Å². The highest BCUT2D eigenvalue weighted by molar-refractivity contribution is 9.10. The summed E-state index contributed by atoms with van der Waals surface area (Å²) in [4.78, 5) is 11.9. The average Bonchev–Trinajstić information content (AvgIpc) is 2.85. The van der Waals surface area contributed by atoms with Gasteiger partial charge in [0.1, 0.15) is 5.75 Å². The van der Waals surface area contributed by atoms with Gasteiger partial charge >= 0.3 is 0 Å². The highest BCUT2D eigenvalue weighted by Gasteiger charge is 2.21. The lowest BCUT2D eigenvalue weighted by Crippen LogP contribution is -2.12. The van der Waals surface area contributed by atoms with Gasteiger partial charge in [-0.05, 0) is 47.0 Å². The van der Waals surface area contributed by atoms with Crippen molar-refractivity contribution in [1.82, 2.24) is 4.57 Å². The van der Waals surface area contributed by atoms with Crippen LogP contribution in [-0.4, -0.2) is 17.5 Å². The number of benzene rings is 1. The smallest absolute Gasteiger partial charge is 0.164 e. The summed E-state index contributed by atoms with van der Waals surface area (Å²) in [6.45, 7) is 0. The molecular weight excluding hydrogens is 306 g/mol. The van der Waals surface area contributed by atoms with Crippen molar-refractivity contribution in [2.24, 2.45) is 0 Å². The lowest BCUT2D eigenvalue weighted by atomic mass is 9.97. The maximum absolute atomic E-state index is 11.9. The van der Waals surface area contributed by atoms with E-state index in [9.17, 15) is 4.79 Å². The Balaban J connectivity index is 2.10. The molecule has 0 N–H and O–H groups in total. The van der Waals surface area contributed by atoms with Crippen molar-refractivity contribution in [3.8, 4) is 11.4 Å². The first kappa shape index (κ1) is 12.5. The largest absolute Gasteiger partial charge is 0.495 e. The summed E-state index contributed by atoms with van der Waals surface area (Å²) in [6, 6.07) is 7.88. The first-order valence-corrected chi connectivity index (χ1v) is 7.07. The topological polar surface area (TPSA) is 31.2 Å². The molecule has 3 rings (SSSR count). The van der Waals surface area contributed by atoms with Crippen molar-refractivity contribution >= 4 is 21.7 Å². The minimum atomic E-state index is 0.254. The number of ketones is 1. The number of ether oxygens (including phenoxy) is 1. The Labute approximate surface area is 120 Å². The highest BCUT2D eigenvalue weighted by Crippen LogP contribution is 2.30. The molecule has 0 atom stereocenters. The number of hydrogen-bond acceptors (Lipinski definition) is 2. The number of hydrogen-bond donors (Lipinski definition) is 0. The summed E-state index contributed by atoms with van der Waals surface area (Å²) in [5.41, 5.74) is 3.00. The lowest BCUT2D eigenvalue weighted by molar-refractivity contribution is 0.0972. The van der Waals surface area contributed by atoms with Gasteiger partial charge in [0, 0.05) is 35.6 Å². The van der Waals surface area contributed by atoms with Crippen molar-refractivity contribution in [3.63, 3.8) is 0 Å². The Kier molecular flexibility index (Phi) is 3.19. The van der Waals surface area contributed by atoms with Crippen molar-refractivity contribution < 1.29 is 9.53 Å². The SMILES string of the molecule is COc1cc(-n2ccc3c2CCCC3=O)ccc1Br. The van der Waals surface area contributed by atoms with E-state index in [4.69, 9.17) is 4.74 Å². The normalized spacial score (nSPS) is 14.3. The predicted molar refractivity (Wildman–Crippen MR) is 77.3 cm³/mol. The summed E-state index contributed by atoms with van der Waals surface area (Å²) < 4.78 is 8.33. The molecule has 0 unspecified atom stereocenters. The maximum Gasteiger partial charge on any atom is 0.164 e. The predicted octanol–water partition coefficient (Wildman–Crippen LogP) is 3.77. The van der Waals surface area contributed by atoms with Crippen LogP contribution in [0.5, 0.6) is 5.75 Å². The summed E-state index contributed by atoms with van der Waals surface area (Å²) in [7, 11) is 1.65. The fourth-order valence-corrected chi connectivity index (χ4v) is 2.97. The van der Waals surface area contributed by atoms with Crippen LogP contribution in [0.1, 0.15) is 28.9 Å². The first-order valence-electron chi connectivity index (χ1n) is 6.28. The molecule has 98 valence electrons. The van der Waals surface area contributed by atoms with Crippen LogP contribution in [0.2, 0.25) is 0 Å². The summed E-state index contributed by atoms with van der Waals surface area (Å²) >= 11 is 3.45. The molecule has 0 fully saturated rings. The van der Waals surface area contributed by atoms with Crippen molar-refractivity contribution in [1.29, 1.82) is 0 Å². The van der Waals surface area contributed by atoms with Crippen LogP contribution >= 0.6 is 15.9 Å². The summed E-state index contributed by atoms with van der Waals surface area (Å²) in [5, 5.41) is 0. The summed E-state index contributed by atoms with van der Waals surface area (Å²) in [6.07, 6.45) is 4.52. The second-order valence-electron chi connectivity index (χ2n) is 4.64. The van der Waals surface area contributed by atoms with Gasteiger partial charge in [0.25, 0.3) is 0 Å². The van der Waals surface area contributed by atoms with Gasteiger partial charge in [0.2, 0.25) is 0 Å². The van der Waals surface area contributed by atoms with Gasteiger partial charge in [-0.1, -0.05) is 0 Å². The fraction of sp³-hybridized carbons (Fsp3) is 0.267. The number of Topliss-reactive ketones (excluding diaryl/α,β-unsaturated/α-hetero) is 1. The van der Waals surface area contributed by atoms with E-state index >= 15 is 0 Å². The molecule has 4 heteroatoms. The van der Waals surface area contributed by atoms with Crippen LogP contribution in [-0.2, 0) is 6.42 Å².